The topological polar surface area (TPSA) is 29.1 Å². The molecule has 0 bridgehead atoms. The Morgan fingerprint density at radius 2 is 2.14 bits per heavy atom. The SMILES string of the molecule is CSCC(=O)NCC1(CCl)CCCC1. The predicted molar refractivity (Wildman–Crippen MR) is 63.0 cm³/mol. The number of carbonyl (C=O) groups excluding carboxylic acids is 1. The molecular weight excluding hydrogens is 218 g/mol. The van der Waals surface area contributed by atoms with E-state index in [-0.39, 0.29) is 11.3 Å². The van der Waals surface area contributed by atoms with Gasteiger partial charge in [0.1, 0.15) is 0 Å². The molecule has 1 aliphatic rings. The van der Waals surface area contributed by atoms with Crippen molar-refractivity contribution >= 4 is 29.3 Å². The lowest BCUT2D eigenvalue weighted by Crippen LogP contribution is -2.37. The summed E-state index contributed by atoms with van der Waals surface area (Å²) in [6.45, 7) is 0.760. The summed E-state index contributed by atoms with van der Waals surface area (Å²) in [4.78, 5) is 11.3. The van der Waals surface area contributed by atoms with Gasteiger partial charge in [0.05, 0.1) is 5.75 Å². The zero-order chi connectivity index (χ0) is 10.4. The normalized spacial score (nSPS) is 19.6. The van der Waals surface area contributed by atoms with Crippen LogP contribution in [0.3, 0.4) is 0 Å². The fourth-order valence-corrected chi connectivity index (χ4v) is 2.68. The van der Waals surface area contributed by atoms with Gasteiger partial charge in [-0.1, -0.05) is 12.8 Å². The van der Waals surface area contributed by atoms with Gasteiger partial charge in [0.25, 0.3) is 0 Å². The Hall–Kier alpha value is 0.110. The number of hydrogen-bond donors (Lipinski definition) is 1. The maximum atomic E-state index is 11.3. The van der Waals surface area contributed by atoms with Crippen LogP contribution in [0.1, 0.15) is 25.7 Å². The van der Waals surface area contributed by atoms with Crippen molar-refractivity contribution in [2.24, 2.45) is 5.41 Å². The van der Waals surface area contributed by atoms with E-state index >= 15 is 0 Å². The summed E-state index contributed by atoms with van der Waals surface area (Å²) in [5, 5.41) is 2.97. The molecule has 0 aliphatic heterocycles. The van der Waals surface area contributed by atoms with Crippen molar-refractivity contribution in [1.82, 2.24) is 5.32 Å². The van der Waals surface area contributed by atoms with Crippen LogP contribution >= 0.6 is 23.4 Å². The minimum atomic E-state index is 0.133. The fourth-order valence-electron chi connectivity index (χ4n) is 1.95. The number of amides is 1. The van der Waals surface area contributed by atoms with Gasteiger partial charge in [-0.15, -0.1) is 11.6 Å². The Labute approximate surface area is 95.2 Å². The zero-order valence-electron chi connectivity index (χ0n) is 8.64. The molecule has 14 heavy (non-hydrogen) atoms. The second-order valence-electron chi connectivity index (χ2n) is 4.05. The maximum absolute atomic E-state index is 11.3. The van der Waals surface area contributed by atoms with Gasteiger partial charge in [-0.05, 0) is 19.1 Å². The van der Waals surface area contributed by atoms with E-state index in [1.165, 1.54) is 12.8 Å². The van der Waals surface area contributed by atoms with Gasteiger partial charge < -0.3 is 5.32 Å². The Bertz CT molecular complexity index is 193. The summed E-state index contributed by atoms with van der Waals surface area (Å²) in [6, 6.07) is 0. The summed E-state index contributed by atoms with van der Waals surface area (Å²) in [7, 11) is 0. The molecule has 0 saturated heterocycles. The number of nitrogens with one attached hydrogen (secondary N) is 1. The fraction of sp³-hybridized carbons (Fsp3) is 0.900. The predicted octanol–water partition coefficient (Wildman–Crippen LogP) is 2.26. The number of hydrogen-bond acceptors (Lipinski definition) is 2. The second kappa shape index (κ2) is 5.86. The largest absolute Gasteiger partial charge is 0.355 e. The van der Waals surface area contributed by atoms with Crippen LogP contribution in [0, 0.1) is 5.41 Å². The van der Waals surface area contributed by atoms with Crippen molar-refractivity contribution in [2.75, 3.05) is 24.4 Å². The van der Waals surface area contributed by atoms with E-state index in [1.54, 1.807) is 11.8 Å². The number of alkyl halides is 1. The third-order valence-electron chi connectivity index (χ3n) is 2.88. The molecule has 1 rings (SSSR count). The highest BCUT2D eigenvalue weighted by molar-refractivity contribution is 7.99. The lowest BCUT2D eigenvalue weighted by Gasteiger charge is -2.26. The first-order chi connectivity index (χ1) is 6.72. The quantitative estimate of drug-likeness (QED) is 0.741. The number of rotatable bonds is 5. The average Bonchev–Trinajstić information content (AvgIpc) is 2.65. The standard InChI is InChI=1S/C10H18ClNOS/c1-14-6-9(13)12-8-10(7-11)4-2-3-5-10/h2-8H2,1H3,(H,12,13). The molecule has 0 aromatic heterocycles. The molecule has 0 radical (unpaired) electrons. The molecule has 4 heteroatoms. The van der Waals surface area contributed by atoms with Crippen LogP contribution in [0.15, 0.2) is 0 Å². The van der Waals surface area contributed by atoms with E-state index in [0.29, 0.717) is 11.6 Å². The van der Waals surface area contributed by atoms with E-state index in [1.807, 2.05) is 6.26 Å². The van der Waals surface area contributed by atoms with Crippen molar-refractivity contribution in [2.45, 2.75) is 25.7 Å². The van der Waals surface area contributed by atoms with Crippen LogP contribution in [0.4, 0.5) is 0 Å². The van der Waals surface area contributed by atoms with Crippen LogP contribution in [0.5, 0.6) is 0 Å². The molecule has 0 aromatic rings. The van der Waals surface area contributed by atoms with Crippen LogP contribution in [-0.4, -0.2) is 30.3 Å². The number of carbonyl (C=O) groups is 1. The van der Waals surface area contributed by atoms with Crippen molar-refractivity contribution < 1.29 is 4.79 Å². The minimum absolute atomic E-state index is 0.133. The van der Waals surface area contributed by atoms with Crippen LogP contribution in [0.25, 0.3) is 0 Å². The summed E-state index contributed by atoms with van der Waals surface area (Å²) in [5.74, 6) is 1.36. The van der Waals surface area contributed by atoms with Gasteiger partial charge in [-0.2, -0.15) is 11.8 Å². The molecule has 1 N–H and O–H groups in total. The van der Waals surface area contributed by atoms with Crippen LogP contribution < -0.4 is 5.32 Å². The molecule has 0 atom stereocenters. The maximum Gasteiger partial charge on any atom is 0.230 e. The molecule has 1 amide bonds. The molecule has 82 valence electrons. The highest BCUT2D eigenvalue weighted by Gasteiger charge is 2.33. The summed E-state index contributed by atoms with van der Waals surface area (Å²) in [5.41, 5.74) is 0.190. The smallest absolute Gasteiger partial charge is 0.230 e. The molecule has 1 aliphatic carbocycles. The summed E-state index contributed by atoms with van der Waals surface area (Å²) < 4.78 is 0. The Morgan fingerprint density at radius 3 is 2.64 bits per heavy atom. The number of thioether (sulfide) groups is 1. The van der Waals surface area contributed by atoms with E-state index < -0.39 is 0 Å². The first-order valence-electron chi connectivity index (χ1n) is 5.04. The van der Waals surface area contributed by atoms with E-state index in [2.05, 4.69) is 5.32 Å². The van der Waals surface area contributed by atoms with E-state index in [0.717, 1.165) is 19.4 Å². The number of halogens is 1. The van der Waals surface area contributed by atoms with Gasteiger partial charge in [-0.25, -0.2) is 0 Å². The molecule has 0 aromatic carbocycles. The lowest BCUT2D eigenvalue weighted by molar-refractivity contribution is -0.119. The molecule has 1 fully saturated rings. The van der Waals surface area contributed by atoms with Gasteiger partial charge in [0, 0.05) is 17.8 Å². The third kappa shape index (κ3) is 3.35. The van der Waals surface area contributed by atoms with Crippen molar-refractivity contribution in [1.29, 1.82) is 0 Å². The van der Waals surface area contributed by atoms with Crippen molar-refractivity contribution in [3.8, 4) is 0 Å². The first-order valence-corrected chi connectivity index (χ1v) is 6.97. The molecular formula is C10H18ClNOS. The van der Waals surface area contributed by atoms with E-state index in [9.17, 15) is 4.79 Å². The zero-order valence-corrected chi connectivity index (χ0v) is 10.2. The summed E-state index contributed by atoms with van der Waals surface area (Å²) >= 11 is 7.52. The van der Waals surface area contributed by atoms with Gasteiger partial charge in [0.15, 0.2) is 0 Å². The summed E-state index contributed by atoms with van der Waals surface area (Å²) in [6.07, 6.45) is 6.77. The Kier molecular flexibility index (Phi) is 5.10. The monoisotopic (exact) mass is 235 g/mol. The van der Waals surface area contributed by atoms with Crippen molar-refractivity contribution in [3.05, 3.63) is 0 Å². The van der Waals surface area contributed by atoms with Crippen LogP contribution in [-0.2, 0) is 4.79 Å². The molecule has 2 nitrogen and oxygen atoms in total. The Balaban J connectivity index is 2.30. The highest BCUT2D eigenvalue weighted by Crippen LogP contribution is 2.38. The van der Waals surface area contributed by atoms with Crippen LogP contribution in [0.2, 0.25) is 0 Å². The lowest BCUT2D eigenvalue weighted by atomic mass is 9.88. The minimum Gasteiger partial charge on any atom is -0.355 e. The third-order valence-corrected chi connectivity index (χ3v) is 4.00. The average molecular weight is 236 g/mol. The first kappa shape index (κ1) is 12.2. The molecule has 0 spiro atoms. The highest BCUT2D eigenvalue weighted by atomic mass is 35.5. The van der Waals surface area contributed by atoms with E-state index in [4.69, 9.17) is 11.6 Å². The van der Waals surface area contributed by atoms with Gasteiger partial charge in [0.2, 0.25) is 5.91 Å². The molecule has 0 heterocycles. The molecule has 1 saturated carbocycles. The Morgan fingerprint density at radius 1 is 1.50 bits per heavy atom. The second-order valence-corrected chi connectivity index (χ2v) is 5.18. The van der Waals surface area contributed by atoms with Gasteiger partial charge >= 0.3 is 0 Å². The van der Waals surface area contributed by atoms with Gasteiger partial charge in [-0.3, -0.25) is 4.79 Å². The molecule has 0 unspecified atom stereocenters. The van der Waals surface area contributed by atoms with Crippen molar-refractivity contribution in [3.63, 3.8) is 0 Å².